The lowest BCUT2D eigenvalue weighted by Gasteiger charge is -2.30. The smallest absolute Gasteiger partial charge is 0.342 e. The Hall–Kier alpha value is -1.56. The van der Waals surface area contributed by atoms with Gasteiger partial charge < -0.3 is 15.2 Å². The van der Waals surface area contributed by atoms with E-state index in [9.17, 15) is 14.7 Å². The summed E-state index contributed by atoms with van der Waals surface area (Å²) in [5.41, 5.74) is 0.0325. The average molecular weight is 384 g/mol. The number of carbonyl (C=O) groups excluding carboxylic acids is 2. The van der Waals surface area contributed by atoms with Crippen LogP contribution in [0.2, 0.25) is 0 Å². The molecule has 3 atom stereocenters. The van der Waals surface area contributed by atoms with Gasteiger partial charge in [-0.15, -0.1) is 0 Å². The maximum Gasteiger partial charge on any atom is 0.342 e. The number of amides is 1. The molecule has 1 aliphatic rings. The molecular weight excluding hydrogens is 362 g/mol. The molecule has 5 nitrogen and oxygen atoms in total. The van der Waals surface area contributed by atoms with E-state index in [-0.39, 0.29) is 23.3 Å². The lowest BCUT2D eigenvalue weighted by molar-refractivity contribution is -0.130. The zero-order valence-corrected chi connectivity index (χ0v) is 14.9. The van der Waals surface area contributed by atoms with Crippen LogP contribution < -0.4 is 5.32 Å². The molecule has 1 amide bonds. The Kier molecular flexibility index (Phi) is 6.04. The summed E-state index contributed by atoms with van der Waals surface area (Å²) in [5.74, 6) is -0.758. The Morgan fingerprint density at radius 2 is 2.04 bits per heavy atom. The summed E-state index contributed by atoms with van der Waals surface area (Å²) in [6, 6.07) is 4.62. The number of ether oxygens (including phenoxy) is 1. The summed E-state index contributed by atoms with van der Waals surface area (Å²) in [6.45, 7) is 3.66. The Bertz CT molecular complexity index is 590. The fourth-order valence-electron chi connectivity index (χ4n) is 2.78. The third-order valence-corrected chi connectivity index (χ3v) is 4.76. The van der Waals surface area contributed by atoms with Gasteiger partial charge in [-0.2, -0.15) is 0 Å². The van der Waals surface area contributed by atoms with E-state index in [1.54, 1.807) is 6.07 Å². The van der Waals surface area contributed by atoms with Crippen LogP contribution in [0.5, 0.6) is 5.75 Å². The van der Waals surface area contributed by atoms with E-state index in [0.29, 0.717) is 10.4 Å². The highest BCUT2D eigenvalue weighted by Crippen LogP contribution is 2.25. The van der Waals surface area contributed by atoms with Gasteiger partial charge in [-0.05, 0) is 43.9 Å². The van der Waals surface area contributed by atoms with E-state index in [4.69, 9.17) is 4.74 Å². The lowest BCUT2D eigenvalue weighted by atomic mass is 9.86. The van der Waals surface area contributed by atoms with Crippen LogP contribution in [0.3, 0.4) is 0 Å². The van der Waals surface area contributed by atoms with E-state index < -0.39 is 12.1 Å². The molecule has 126 valence electrons. The van der Waals surface area contributed by atoms with Gasteiger partial charge in [0.2, 0.25) is 0 Å². The summed E-state index contributed by atoms with van der Waals surface area (Å²) >= 11 is 3.23. The van der Waals surface area contributed by atoms with Gasteiger partial charge in [-0.3, -0.25) is 4.79 Å². The van der Waals surface area contributed by atoms with Crippen molar-refractivity contribution in [1.82, 2.24) is 5.32 Å². The highest BCUT2D eigenvalue weighted by molar-refractivity contribution is 9.10. The van der Waals surface area contributed by atoms with Crippen molar-refractivity contribution in [2.45, 2.75) is 51.7 Å². The van der Waals surface area contributed by atoms with E-state index in [2.05, 4.69) is 28.2 Å². The Labute approximate surface area is 144 Å². The first-order valence-electron chi connectivity index (χ1n) is 7.88. The predicted molar refractivity (Wildman–Crippen MR) is 90.2 cm³/mol. The highest BCUT2D eigenvalue weighted by atomic mass is 79.9. The van der Waals surface area contributed by atoms with Gasteiger partial charge in [-0.25, -0.2) is 4.79 Å². The van der Waals surface area contributed by atoms with Gasteiger partial charge in [0.05, 0.1) is 0 Å². The molecule has 0 aromatic heterocycles. The number of halogens is 1. The molecule has 23 heavy (non-hydrogen) atoms. The van der Waals surface area contributed by atoms with E-state index in [1.807, 2.05) is 0 Å². The van der Waals surface area contributed by atoms with Gasteiger partial charge >= 0.3 is 5.97 Å². The second-order valence-corrected chi connectivity index (χ2v) is 7.00. The minimum absolute atomic E-state index is 0.0325. The molecule has 0 spiro atoms. The van der Waals surface area contributed by atoms with Crippen LogP contribution in [0.1, 0.15) is 49.9 Å². The Balaban J connectivity index is 1.94. The number of nitrogens with one attached hydrogen (secondary N) is 1. The third-order valence-electron chi connectivity index (χ3n) is 4.27. The zero-order chi connectivity index (χ0) is 17.0. The third kappa shape index (κ3) is 4.70. The molecule has 0 bridgehead atoms. The largest absolute Gasteiger partial charge is 0.507 e. The summed E-state index contributed by atoms with van der Waals surface area (Å²) in [6.07, 6.45) is 3.45. The molecule has 1 saturated carbocycles. The first kappa shape index (κ1) is 17.8. The van der Waals surface area contributed by atoms with Crippen LogP contribution in [0, 0.1) is 5.92 Å². The molecule has 1 aromatic carbocycles. The van der Waals surface area contributed by atoms with E-state index >= 15 is 0 Å². The molecule has 2 N–H and O–H groups in total. The van der Waals surface area contributed by atoms with Gasteiger partial charge in [0.15, 0.2) is 6.10 Å². The first-order valence-corrected chi connectivity index (χ1v) is 8.67. The molecule has 0 heterocycles. The molecule has 1 fully saturated rings. The van der Waals surface area contributed by atoms with Gasteiger partial charge in [0.25, 0.3) is 5.91 Å². The molecule has 1 aromatic rings. The fraction of sp³-hybridized carbons (Fsp3) is 0.529. The average Bonchev–Trinajstić information content (AvgIpc) is 2.51. The fourth-order valence-corrected chi connectivity index (χ4v) is 3.14. The van der Waals surface area contributed by atoms with Gasteiger partial charge in [-0.1, -0.05) is 35.7 Å². The van der Waals surface area contributed by atoms with E-state index in [1.165, 1.54) is 25.5 Å². The number of carbonyl (C=O) groups is 2. The Morgan fingerprint density at radius 3 is 2.74 bits per heavy atom. The summed E-state index contributed by atoms with van der Waals surface area (Å²) in [4.78, 5) is 24.3. The first-order chi connectivity index (χ1) is 10.9. The normalized spacial score (nSPS) is 22.2. The molecular formula is C17H22BrNO4. The molecule has 6 heteroatoms. The molecule has 0 saturated heterocycles. The predicted octanol–water partition coefficient (Wildman–Crippen LogP) is 3.39. The van der Waals surface area contributed by atoms with Crippen LogP contribution in [0.15, 0.2) is 22.7 Å². The summed E-state index contributed by atoms with van der Waals surface area (Å²) < 4.78 is 5.83. The number of rotatable bonds is 4. The maximum absolute atomic E-state index is 12.2. The minimum atomic E-state index is -0.907. The van der Waals surface area contributed by atoms with Crippen LogP contribution in [0.25, 0.3) is 0 Å². The highest BCUT2D eigenvalue weighted by Gasteiger charge is 2.27. The molecule has 1 aliphatic carbocycles. The van der Waals surface area contributed by atoms with Crippen molar-refractivity contribution in [3.63, 3.8) is 0 Å². The molecule has 0 unspecified atom stereocenters. The van der Waals surface area contributed by atoms with Gasteiger partial charge in [0.1, 0.15) is 11.3 Å². The topological polar surface area (TPSA) is 75.6 Å². The molecule has 2 rings (SSSR count). The van der Waals surface area contributed by atoms with Crippen molar-refractivity contribution in [3.8, 4) is 5.75 Å². The van der Waals surface area contributed by atoms with Crippen molar-refractivity contribution in [2.24, 2.45) is 5.92 Å². The number of benzene rings is 1. The number of hydrogen-bond donors (Lipinski definition) is 2. The minimum Gasteiger partial charge on any atom is -0.507 e. The quantitative estimate of drug-likeness (QED) is 0.781. The second-order valence-electron chi connectivity index (χ2n) is 6.09. The molecule has 0 aliphatic heterocycles. The number of phenols is 1. The van der Waals surface area contributed by atoms with Crippen LogP contribution >= 0.6 is 15.9 Å². The van der Waals surface area contributed by atoms with Crippen molar-refractivity contribution in [2.75, 3.05) is 0 Å². The number of esters is 1. The Morgan fingerprint density at radius 1 is 1.35 bits per heavy atom. The lowest BCUT2D eigenvalue weighted by Crippen LogP contribution is -2.46. The molecule has 0 radical (unpaired) electrons. The van der Waals surface area contributed by atoms with Crippen LogP contribution in [0.4, 0.5) is 0 Å². The zero-order valence-electron chi connectivity index (χ0n) is 13.3. The van der Waals surface area contributed by atoms with Crippen LogP contribution in [-0.2, 0) is 9.53 Å². The summed E-state index contributed by atoms with van der Waals surface area (Å²) in [7, 11) is 0. The standard InChI is InChI=1S/C17H22BrNO4/c1-10-5-3-4-6-14(10)19-16(21)11(2)23-17(22)13-9-12(18)7-8-15(13)20/h7-11,14,20H,3-6H2,1-2H3,(H,19,21)/t10-,11-,14+/m1/s1. The number of aromatic hydroxyl groups is 1. The van der Waals surface area contributed by atoms with E-state index in [0.717, 1.165) is 19.3 Å². The summed E-state index contributed by atoms with van der Waals surface area (Å²) in [5, 5.41) is 12.7. The number of phenolic OH excluding ortho intramolecular Hbond substituents is 1. The number of hydrogen-bond acceptors (Lipinski definition) is 4. The van der Waals surface area contributed by atoms with Crippen molar-refractivity contribution < 1.29 is 19.4 Å². The maximum atomic E-state index is 12.2. The van der Waals surface area contributed by atoms with Crippen molar-refractivity contribution in [3.05, 3.63) is 28.2 Å². The van der Waals surface area contributed by atoms with Crippen LogP contribution in [-0.4, -0.2) is 29.1 Å². The monoisotopic (exact) mass is 383 g/mol. The van der Waals surface area contributed by atoms with Gasteiger partial charge in [0, 0.05) is 10.5 Å². The SMILES string of the molecule is C[C@@H]1CCCC[C@@H]1NC(=O)[C@@H](C)OC(=O)c1cc(Br)ccc1O. The van der Waals surface area contributed by atoms with Crippen molar-refractivity contribution >= 4 is 27.8 Å². The second kappa shape index (κ2) is 7.81. The van der Waals surface area contributed by atoms with Crippen molar-refractivity contribution in [1.29, 1.82) is 0 Å².